The molecule has 6 heteroatoms. The zero-order valence-corrected chi connectivity index (χ0v) is 15.6. The molecular formula is C19H30N2O4. The molecule has 2 aliphatic carbocycles. The van der Waals surface area contributed by atoms with Gasteiger partial charge >= 0.3 is 5.97 Å². The summed E-state index contributed by atoms with van der Waals surface area (Å²) < 4.78 is 11.3. The zero-order chi connectivity index (χ0) is 17.8. The highest BCUT2D eigenvalue weighted by molar-refractivity contribution is 5.84. The van der Waals surface area contributed by atoms with Crippen LogP contribution in [0.2, 0.25) is 0 Å². The first-order valence-electron chi connectivity index (χ1n) is 9.69. The molecule has 4 aliphatic rings. The van der Waals surface area contributed by atoms with Crippen LogP contribution >= 0.6 is 0 Å². The van der Waals surface area contributed by atoms with Crippen LogP contribution in [0, 0.1) is 17.8 Å². The van der Waals surface area contributed by atoms with Gasteiger partial charge in [-0.3, -0.25) is 14.5 Å². The number of hydrogen-bond donors (Lipinski definition) is 0. The van der Waals surface area contributed by atoms with E-state index in [9.17, 15) is 9.59 Å². The highest BCUT2D eigenvalue weighted by atomic mass is 16.5. The molecule has 0 N–H and O–H groups in total. The number of amides is 1. The van der Waals surface area contributed by atoms with Crippen LogP contribution in [0.1, 0.15) is 40.0 Å². The summed E-state index contributed by atoms with van der Waals surface area (Å²) in [7, 11) is 0. The average Bonchev–Trinajstić information content (AvgIpc) is 3.17. The largest absolute Gasteiger partial charge is 0.460 e. The fourth-order valence-corrected chi connectivity index (χ4v) is 5.46. The molecule has 0 spiro atoms. The van der Waals surface area contributed by atoms with Gasteiger partial charge in [-0.15, -0.1) is 0 Å². The molecule has 2 saturated heterocycles. The van der Waals surface area contributed by atoms with E-state index in [1.807, 2.05) is 4.90 Å². The van der Waals surface area contributed by atoms with Crippen LogP contribution in [0.15, 0.2) is 0 Å². The van der Waals surface area contributed by atoms with Crippen LogP contribution in [0.5, 0.6) is 0 Å². The number of hydrogen-bond acceptors (Lipinski definition) is 5. The summed E-state index contributed by atoms with van der Waals surface area (Å²) in [4.78, 5) is 29.5. The monoisotopic (exact) mass is 350 g/mol. The molecule has 2 bridgehead atoms. The number of fused-ring (bicyclic) bond motifs is 1. The van der Waals surface area contributed by atoms with Gasteiger partial charge in [0.2, 0.25) is 5.91 Å². The van der Waals surface area contributed by atoms with Crippen molar-refractivity contribution in [1.82, 2.24) is 9.80 Å². The molecule has 4 rings (SSSR count). The van der Waals surface area contributed by atoms with Gasteiger partial charge in [0, 0.05) is 31.1 Å². The van der Waals surface area contributed by atoms with Crippen LogP contribution in [0.3, 0.4) is 0 Å². The molecule has 2 aliphatic heterocycles. The minimum Gasteiger partial charge on any atom is -0.460 e. The predicted molar refractivity (Wildman–Crippen MR) is 91.8 cm³/mol. The summed E-state index contributed by atoms with van der Waals surface area (Å²) >= 11 is 0. The number of carbonyl (C=O) groups excluding carboxylic acids is 2. The van der Waals surface area contributed by atoms with Crippen LogP contribution in [-0.2, 0) is 19.1 Å². The maximum Gasteiger partial charge on any atom is 0.307 e. The Kier molecular flexibility index (Phi) is 4.31. The molecule has 0 aromatic heterocycles. The average molecular weight is 350 g/mol. The standard InChI is InChI=1S/C19H30N2O4/c1-19(2,3)21-16-13-10-12(11-14(13)18(21)23)17(16)25-15(22)4-5-20-6-8-24-9-7-20/h12-14,16-17H,4-11H2,1-3H3. The topological polar surface area (TPSA) is 59.1 Å². The Morgan fingerprint density at radius 1 is 1.24 bits per heavy atom. The normalized spacial score (nSPS) is 37.8. The molecule has 4 fully saturated rings. The van der Waals surface area contributed by atoms with Gasteiger partial charge < -0.3 is 14.4 Å². The Balaban J connectivity index is 1.39. The number of morpholine rings is 1. The molecule has 2 saturated carbocycles. The fraction of sp³-hybridized carbons (Fsp3) is 0.895. The number of nitrogens with zero attached hydrogens (tertiary/aromatic N) is 2. The van der Waals surface area contributed by atoms with Gasteiger partial charge in [-0.05, 0) is 45.4 Å². The van der Waals surface area contributed by atoms with Crippen molar-refractivity contribution in [2.75, 3.05) is 32.8 Å². The molecule has 5 atom stereocenters. The second-order valence-electron chi connectivity index (χ2n) is 9.03. The van der Waals surface area contributed by atoms with E-state index in [2.05, 4.69) is 25.7 Å². The summed E-state index contributed by atoms with van der Waals surface area (Å²) in [6.45, 7) is 10.2. The van der Waals surface area contributed by atoms with E-state index in [-0.39, 0.29) is 35.5 Å². The predicted octanol–water partition coefficient (Wildman–Crippen LogP) is 1.29. The van der Waals surface area contributed by atoms with Crippen molar-refractivity contribution in [3.8, 4) is 0 Å². The molecule has 1 amide bonds. The minimum atomic E-state index is -0.216. The molecule has 0 aromatic rings. The smallest absolute Gasteiger partial charge is 0.307 e. The van der Waals surface area contributed by atoms with E-state index < -0.39 is 0 Å². The molecule has 5 unspecified atom stereocenters. The van der Waals surface area contributed by atoms with Gasteiger partial charge in [0.15, 0.2) is 0 Å². The fourth-order valence-electron chi connectivity index (χ4n) is 5.46. The van der Waals surface area contributed by atoms with Crippen molar-refractivity contribution < 1.29 is 19.1 Å². The van der Waals surface area contributed by atoms with Gasteiger partial charge in [0.25, 0.3) is 0 Å². The molecule has 0 aromatic carbocycles. The summed E-state index contributed by atoms with van der Waals surface area (Å²) in [6.07, 6.45) is 2.25. The maximum absolute atomic E-state index is 12.8. The molecule has 2 heterocycles. The van der Waals surface area contributed by atoms with Gasteiger partial charge in [0.05, 0.1) is 25.7 Å². The number of carbonyl (C=O) groups is 2. The number of esters is 1. The van der Waals surface area contributed by atoms with Gasteiger partial charge in [-0.25, -0.2) is 0 Å². The van der Waals surface area contributed by atoms with E-state index in [1.165, 1.54) is 0 Å². The van der Waals surface area contributed by atoms with Crippen molar-refractivity contribution in [3.05, 3.63) is 0 Å². The van der Waals surface area contributed by atoms with Crippen LogP contribution < -0.4 is 0 Å². The second-order valence-corrected chi connectivity index (χ2v) is 9.03. The van der Waals surface area contributed by atoms with Gasteiger partial charge in [0.1, 0.15) is 6.10 Å². The summed E-state index contributed by atoms with van der Waals surface area (Å²) in [6, 6.07) is 0.0867. The van der Waals surface area contributed by atoms with Crippen LogP contribution in [0.4, 0.5) is 0 Å². The molecular weight excluding hydrogens is 320 g/mol. The number of likely N-dealkylation sites (tertiary alicyclic amines) is 1. The lowest BCUT2D eigenvalue weighted by Gasteiger charge is -2.39. The SMILES string of the molecule is CC(C)(C)N1C(=O)C2CC3CC2C1C3OC(=O)CCN1CCOCC1. The van der Waals surface area contributed by atoms with Crippen molar-refractivity contribution in [1.29, 1.82) is 0 Å². The number of ether oxygens (including phenoxy) is 2. The van der Waals surface area contributed by atoms with Gasteiger partial charge in [-0.1, -0.05) is 0 Å². The van der Waals surface area contributed by atoms with E-state index in [1.54, 1.807) is 0 Å². The highest BCUT2D eigenvalue weighted by Crippen LogP contribution is 2.57. The minimum absolute atomic E-state index is 0.0867. The van der Waals surface area contributed by atoms with Crippen molar-refractivity contribution in [2.24, 2.45) is 17.8 Å². The van der Waals surface area contributed by atoms with E-state index in [0.717, 1.165) is 45.7 Å². The Morgan fingerprint density at radius 3 is 2.64 bits per heavy atom. The Bertz CT molecular complexity index is 552. The summed E-state index contributed by atoms with van der Waals surface area (Å²) in [5.74, 6) is 1.07. The van der Waals surface area contributed by atoms with Gasteiger partial charge in [-0.2, -0.15) is 0 Å². The molecule has 140 valence electrons. The summed E-state index contributed by atoms with van der Waals surface area (Å²) in [5, 5.41) is 0. The third-order valence-electron chi connectivity index (χ3n) is 6.47. The quantitative estimate of drug-likeness (QED) is 0.715. The second kappa shape index (κ2) is 6.23. The number of rotatable bonds is 4. The van der Waals surface area contributed by atoms with Crippen LogP contribution in [-0.4, -0.2) is 72.2 Å². The van der Waals surface area contributed by atoms with E-state index >= 15 is 0 Å². The molecule has 6 nitrogen and oxygen atoms in total. The third-order valence-corrected chi connectivity index (χ3v) is 6.47. The lowest BCUT2D eigenvalue weighted by molar-refractivity contribution is -0.157. The molecule has 0 radical (unpaired) electrons. The van der Waals surface area contributed by atoms with Crippen molar-refractivity contribution in [3.63, 3.8) is 0 Å². The first kappa shape index (κ1) is 17.3. The van der Waals surface area contributed by atoms with Crippen LogP contribution in [0.25, 0.3) is 0 Å². The van der Waals surface area contributed by atoms with E-state index in [4.69, 9.17) is 9.47 Å². The van der Waals surface area contributed by atoms with Crippen molar-refractivity contribution in [2.45, 2.75) is 57.7 Å². The Morgan fingerprint density at radius 2 is 1.96 bits per heavy atom. The lowest BCUT2D eigenvalue weighted by atomic mass is 9.87. The lowest BCUT2D eigenvalue weighted by Crippen LogP contribution is -2.52. The van der Waals surface area contributed by atoms with Crippen molar-refractivity contribution >= 4 is 11.9 Å². The third kappa shape index (κ3) is 2.97. The Hall–Kier alpha value is -1.14. The first-order valence-corrected chi connectivity index (χ1v) is 9.69. The Labute approximate surface area is 149 Å². The van der Waals surface area contributed by atoms with E-state index in [0.29, 0.717) is 18.3 Å². The highest BCUT2D eigenvalue weighted by Gasteiger charge is 2.66. The first-order chi connectivity index (χ1) is 11.9. The molecule has 25 heavy (non-hydrogen) atoms. The maximum atomic E-state index is 12.8. The zero-order valence-electron chi connectivity index (χ0n) is 15.6. The summed E-state index contributed by atoms with van der Waals surface area (Å²) in [5.41, 5.74) is -0.216.